The third kappa shape index (κ3) is 4.02. The Morgan fingerprint density at radius 1 is 2.00 bits per heavy atom. The molecule has 0 saturated carbocycles. The third-order valence-electron chi connectivity index (χ3n) is 0.238. The lowest BCUT2D eigenvalue weighted by atomic mass is 10.7. The van der Waals surface area contributed by atoms with Crippen molar-refractivity contribution < 1.29 is 5.11 Å². The van der Waals surface area contributed by atoms with E-state index in [1.54, 1.807) is 13.0 Å². The van der Waals surface area contributed by atoms with E-state index in [9.17, 15) is 0 Å². The molecule has 1 nitrogen and oxygen atoms in total. The minimum atomic E-state index is 0.192. The molecule has 0 bridgehead atoms. The standard InChI is InChI=1S/C3H5BrO/c1-2-3(4)5/h2,5H,1H3/b3-2-. The van der Waals surface area contributed by atoms with Gasteiger partial charge < -0.3 is 5.11 Å². The zero-order valence-corrected chi connectivity index (χ0v) is 4.49. The summed E-state index contributed by atoms with van der Waals surface area (Å²) in [6, 6.07) is 0. The number of aliphatic hydroxyl groups excluding tert-OH is 1. The molecule has 0 aromatic rings. The molecule has 0 rings (SSSR count). The first kappa shape index (κ1) is 5.02. The van der Waals surface area contributed by atoms with Crippen molar-refractivity contribution in [3.63, 3.8) is 0 Å². The number of hydrogen-bond donors (Lipinski definition) is 1. The molecule has 0 atom stereocenters. The van der Waals surface area contributed by atoms with Crippen molar-refractivity contribution in [1.29, 1.82) is 0 Å². The lowest BCUT2D eigenvalue weighted by Crippen LogP contribution is -1.53. The van der Waals surface area contributed by atoms with Crippen molar-refractivity contribution in [2.75, 3.05) is 0 Å². The van der Waals surface area contributed by atoms with E-state index in [4.69, 9.17) is 5.11 Å². The molecule has 0 aliphatic rings. The normalized spacial score (nSPS) is 12.0. The van der Waals surface area contributed by atoms with Gasteiger partial charge in [-0.1, -0.05) is 0 Å². The first-order valence-electron chi connectivity index (χ1n) is 1.28. The number of hydrogen-bond acceptors (Lipinski definition) is 1. The number of halogens is 1. The average molecular weight is 137 g/mol. The monoisotopic (exact) mass is 136 g/mol. The largest absolute Gasteiger partial charge is 0.502 e. The van der Waals surface area contributed by atoms with Gasteiger partial charge in [0.15, 0.2) is 4.67 Å². The van der Waals surface area contributed by atoms with Crippen LogP contribution in [0.5, 0.6) is 0 Å². The molecule has 0 aliphatic carbocycles. The van der Waals surface area contributed by atoms with Crippen LogP contribution >= 0.6 is 15.9 Å². The maximum absolute atomic E-state index is 8.14. The second kappa shape index (κ2) is 2.27. The Morgan fingerprint density at radius 3 is 2.20 bits per heavy atom. The number of allylic oxidation sites excluding steroid dienone is 1. The minimum absolute atomic E-state index is 0.192. The van der Waals surface area contributed by atoms with E-state index < -0.39 is 0 Å². The third-order valence-corrected chi connectivity index (χ3v) is 0.696. The van der Waals surface area contributed by atoms with E-state index in [-0.39, 0.29) is 4.67 Å². The molecule has 0 amide bonds. The van der Waals surface area contributed by atoms with Crippen molar-refractivity contribution in [3.8, 4) is 0 Å². The molecular weight excluding hydrogens is 132 g/mol. The van der Waals surface area contributed by atoms with Crippen LogP contribution in [0.4, 0.5) is 0 Å². The van der Waals surface area contributed by atoms with Crippen LogP contribution in [0.25, 0.3) is 0 Å². The van der Waals surface area contributed by atoms with Crippen LogP contribution in [0.2, 0.25) is 0 Å². The SMILES string of the molecule is C/C=C(\O)Br. The van der Waals surface area contributed by atoms with Gasteiger partial charge in [-0.05, 0) is 28.9 Å². The zero-order chi connectivity index (χ0) is 4.28. The van der Waals surface area contributed by atoms with Crippen LogP contribution in [0.3, 0.4) is 0 Å². The molecule has 0 radical (unpaired) electrons. The van der Waals surface area contributed by atoms with Gasteiger partial charge in [0.05, 0.1) is 0 Å². The van der Waals surface area contributed by atoms with E-state index in [1.807, 2.05) is 0 Å². The van der Waals surface area contributed by atoms with Gasteiger partial charge in [-0.3, -0.25) is 0 Å². The van der Waals surface area contributed by atoms with E-state index in [0.29, 0.717) is 0 Å². The molecule has 0 aliphatic heterocycles. The fourth-order valence-corrected chi connectivity index (χ4v) is 0. The van der Waals surface area contributed by atoms with Crippen molar-refractivity contribution in [3.05, 3.63) is 10.7 Å². The highest BCUT2D eigenvalue weighted by Crippen LogP contribution is 1.94. The fourth-order valence-electron chi connectivity index (χ4n) is 0. The van der Waals surface area contributed by atoms with Crippen LogP contribution in [-0.2, 0) is 0 Å². The summed E-state index contributed by atoms with van der Waals surface area (Å²) in [5.74, 6) is 0. The van der Waals surface area contributed by atoms with Crippen molar-refractivity contribution >= 4 is 15.9 Å². The predicted octanol–water partition coefficient (Wildman–Crippen LogP) is 1.80. The molecule has 30 valence electrons. The Bertz CT molecular complexity index is 44.9. The first-order chi connectivity index (χ1) is 2.27. The number of aliphatic hydroxyl groups is 1. The smallest absolute Gasteiger partial charge is 0.154 e. The van der Waals surface area contributed by atoms with Gasteiger partial charge in [0.1, 0.15) is 0 Å². The molecule has 0 aromatic carbocycles. The van der Waals surface area contributed by atoms with Gasteiger partial charge in [-0.15, -0.1) is 0 Å². The second-order valence-corrected chi connectivity index (χ2v) is 1.42. The molecule has 1 N–H and O–H groups in total. The molecule has 0 fully saturated rings. The van der Waals surface area contributed by atoms with Crippen LogP contribution < -0.4 is 0 Å². The van der Waals surface area contributed by atoms with Crippen LogP contribution in [0.1, 0.15) is 6.92 Å². The first-order valence-corrected chi connectivity index (χ1v) is 2.07. The van der Waals surface area contributed by atoms with Crippen LogP contribution in [0, 0.1) is 0 Å². The topological polar surface area (TPSA) is 20.2 Å². The highest BCUT2D eigenvalue weighted by Gasteiger charge is 1.66. The fraction of sp³-hybridized carbons (Fsp3) is 0.333. The van der Waals surface area contributed by atoms with Crippen molar-refractivity contribution in [2.45, 2.75) is 6.92 Å². The number of rotatable bonds is 0. The summed E-state index contributed by atoms with van der Waals surface area (Å²) in [5, 5.41) is 8.14. The molecule has 0 heterocycles. The van der Waals surface area contributed by atoms with Gasteiger partial charge in [0, 0.05) is 0 Å². The Kier molecular flexibility index (Phi) is 2.28. The van der Waals surface area contributed by atoms with Crippen LogP contribution in [0.15, 0.2) is 10.7 Å². The van der Waals surface area contributed by atoms with Crippen molar-refractivity contribution in [2.24, 2.45) is 0 Å². The second-order valence-electron chi connectivity index (χ2n) is 0.611. The molecular formula is C3H5BrO. The van der Waals surface area contributed by atoms with Gasteiger partial charge in [0.2, 0.25) is 0 Å². The highest BCUT2D eigenvalue weighted by atomic mass is 79.9. The van der Waals surface area contributed by atoms with Gasteiger partial charge in [-0.25, -0.2) is 0 Å². The predicted molar refractivity (Wildman–Crippen MR) is 25.3 cm³/mol. The van der Waals surface area contributed by atoms with Gasteiger partial charge >= 0.3 is 0 Å². The molecule has 0 spiro atoms. The summed E-state index contributed by atoms with van der Waals surface area (Å²) in [7, 11) is 0. The maximum Gasteiger partial charge on any atom is 0.154 e. The minimum Gasteiger partial charge on any atom is -0.502 e. The summed E-state index contributed by atoms with van der Waals surface area (Å²) in [5.41, 5.74) is 0. The van der Waals surface area contributed by atoms with E-state index >= 15 is 0 Å². The Labute approximate surface area is 39.4 Å². The Balaban J connectivity index is 3.14. The maximum atomic E-state index is 8.14. The molecule has 2 heteroatoms. The zero-order valence-electron chi connectivity index (χ0n) is 2.90. The highest BCUT2D eigenvalue weighted by molar-refractivity contribution is 9.11. The summed E-state index contributed by atoms with van der Waals surface area (Å²) < 4.78 is 0.192. The summed E-state index contributed by atoms with van der Waals surface area (Å²) in [6.07, 6.45) is 1.56. The van der Waals surface area contributed by atoms with E-state index in [1.165, 1.54) is 0 Å². The molecule has 0 saturated heterocycles. The molecule has 5 heavy (non-hydrogen) atoms. The molecule has 0 aromatic heterocycles. The summed E-state index contributed by atoms with van der Waals surface area (Å²) in [4.78, 5) is 0. The van der Waals surface area contributed by atoms with Gasteiger partial charge in [0.25, 0.3) is 0 Å². The summed E-state index contributed by atoms with van der Waals surface area (Å²) in [6.45, 7) is 1.74. The quantitative estimate of drug-likeness (QED) is 0.504. The van der Waals surface area contributed by atoms with Crippen LogP contribution in [-0.4, -0.2) is 5.11 Å². The summed E-state index contributed by atoms with van der Waals surface area (Å²) >= 11 is 2.79. The van der Waals surface area contributed by atoms with E-state index in [0.717, 1.165) is 0 Å². The lowest BCUT2D eigenvalue weighted by molar-refractivity contribution is 0.459. The van der Waals surface area contributed by atoms with Gasteiger partial charge in [-0.2, -0.15) is 0 Å². The molecule has 0 unspecified atom stereocenters. The lowest BCUT2D eigenvalue weighted by Gasteiger charge is -1.72. The average Bonchev–Trinajstić information content (AvgIpc) is 1.38. The Hall–Kier alpha value is 0.0200. The van der Waals surface area contributed by atoms with Crippen molar-refractivity contribution in [1.82, 2.24) is 0 Å². The Morgan fingerprint density at radius 2 is 2.20 bits per heavy atom. The van der Waals surface area contributed by atoms with E-state index in [2.05, 4.69) is 15.9 Å².